The van der Waals surface area contributed by atoms with E-state index in [2.05, 4.69) is 10.1 Å². The molecule has 6 nitrogen and oxygen atoms in total. The smallest absolute Gasteiger partial charge is 0.264 e. The molecule has 1 aliphatic carbocycles. The number of hydrogen-bond donors (Lipinski definition) is 0. The third kappa shape index (κ3) is 2.28. The van der Waals surface area contributed by atoms with Gasteiger partial charge in [0.25, 0.3) is 5.91 Å². The summed E-state index contributed by atoms with van der Waals surface area (Å²) >= 11 is 0. The zero-order valence-electron chi connectivity index (χ0n) is 13.4. The fourth-order valence-electron chi connectivity index (χ4n) is 3.68. The minimum atomic E-state index is -0.433. The minimum Gasteiger partial charge on any atom is -0.480 e. The standard InChI is InChI=1S/C18H19N3O3/c22-18(15-10-12-4-1-2-6-14(12)23-15)21-9-3-5-13(21)16-19-17(24-20-16)11-7-8-11/h1-2,4,6,11,13,15H,3,5,7-10H2/t13-,15+/m1/s1. The highest BCUT2D eigenvalue weighted by molar-refractivity contribution is 5.83. The molecule has 0 bridgehead atoms. The van der Waals surface area contributed by atoms with Crippen molar-refractivity contribution in [2.24, 2.45) is 0 Å². The number of nitrogens with zero attached hydrogens (tertiary/aromatic N) is 3. The lowest BCUT2D eigenvalue weighted by Crippen LogP contribution is -2.41. The molecule has 2 aliphatic heterocycles. The summed E-state index contributed by atoms with van der Waals surface area (Å²) in [5, 5.41) is 4.14. The van der Waals surface area contributed by atoms with E-state index in [1.807, 2.05) is 29.2 Å². The van der Waals surface area contributed by atoms with Crippen molar-refractivity contribution in [1.29, 1.82) is 0 Å². The van der Waals surface area contributed by atoms with E-state index in [0.717, 1.165) is 49.4 Å². The molecule has 0 radical (unpaired) electrons. The van der Waals surface area contributed by atoms with Crippen LogP contribution in [0.1, 0.15) is 54.9 Å². The average molecular weight is 325 g/mol. The number of ether oxygens (including phenoxy) is 1. The number of carbonyl (C=O) groups is 1. The van der Waals surface area contributed by atoms with Crippen LogP contribution in [-0.2, 0) is 11.2 Å². The van der Waals surface area contributed by atoms with Crippen LogP contribution in [0.15, 0.2) is 28.8 Å². The maximum atomic E-state index is 13.0. The van der Waals surface area contributed by atoms with Gasteiger partial charge in [0.1, 0.15) is 5.75 Å². The molecule has 3 heterocycles. The summed E-state index contributed by atoms with van der Waals surface area (Å²) in [6.07, 6.45) is 4.31. The summed E-state index contributed by atoms with van der Waals surface area (Å²) in [7, 11) is 0. The Balaban J connectivity index is 1.34. The molecule has 1 aromatic carbocycles. The van der Waals surface area contributed by atoms with Crippen LogP contribution in [0.3, 0.4) is 0 Å². The van der Waals surface area contributed by atoms with E-state index in [4.69, 9.17) is 9.26 Å². The number of fused-ring (bicyclic) bond motifs is 1. The van der Waals surface area contributed by atoms with Crippen molar-refractivity contribution >= 4 is 5.91 Å². The third-order valence-electron chi connectivity index (χ3n) is 5.14. The molecule has 6 heteroatoms. The van der Waals surface area contributed by atoms with Crippen molar-refractivity contribution in [2.75, 3.05) is 6.54 Å². The van der Waals surface area contributed by atoms with E-state index in [9.17, 15) is 4.79 Å². The first-order chi connectivity index (χ1) is 11.8. The molecule has 1 saturated heterocycles. The van der Waals surface area contributed by atoms with Gasteiger partial charge in [-0.3, -0.25) is 4.79 Å². The van der Waals surface area contributed by atoms with Crippen molar-refractivity contribution in [2.45, 2.75) is 50.2 Å². The lowest BCUT2D eigenvalue weighted by molar-refractivity contribution is -0.139. The number of amides is 1. The Bertz CT molecular complexity index is 758. The number of rotatable bonds is 3. The van der Waals surface area contributed by atoms with Crippen molar-refractivity contribution in [1.82, 2.24) is 15.0 Å². The van der Waals surface area contributed by atoms with Crippen LogP contribution < -0.4 is 4.74 Å². The molecule has 2 fully saturated rings. The Kier molecular flexibility index (Phi) is 3.11. The summed E-state index contributed by atoms with van der Waals surface area (Å²) in [4.78, 5) is 19.4. The molecule has 0 spiro atoms. The molecule has 1 aromatic heterocycles. The molecule has 24 heavy (non-hydrogen) atoms. The summed E-state index contributed by atoms with van der Waals surface area (Å²) in [5.74, 6) is 2.67. The molecular formula is C18H19N3O3. The topological polar surface area (TPSA) is 68.5 Å². The molecule has 5 rings (SSSR count). The van der Waals surface area contributed by atoms with Crippen LogP contribution in [0.4, 0.5) is 0 Å². The Morgan fingerprint density at radius 2 is 2.08 bits per heavy atom. The van der Waals surface area contributed by atoms with Crippen LogP contribution in [-0.4, -0.2) is 33.6 Å². The second-order valence-electron chi connectivity index (χ2n) is 6.87. The molecule has 2 aromatic rings. The summed E-state index contributed by atoms with van der Waals surface area (Å²) in [5.41, 5.74) is 1.10. The van der Waals surface area contributed by atoms with Crippen molar-refractivity contribution in [3.63, 3.8) is 0 Å². The molecule has 0 unspecified atom stereocenters. The van der Waals surface area contributed by atoms with Crippen LogP contribution >= 0.6 is 0 Å². The highest BCUT2D eigenvalue weighted by atomic mass is 16.5. The molecule has 2 atom stereocenters. The fourth-order valence-corrected chi connectivity index (χ4v) is 3.68. The van der Waals surface area contributed by atoms with Crippen LogP contribution in [0.2, 0.25) is 0 Å². The lowest BCUT2D eigenvalue weighted by atomic mass is 10.1. The first-order valence-electron chi connectivity index (χ1n) is 8.68. The highest BCUT2D eigenvalue weighted by Gasteiger charge is 2.40. The second kappa shape index (κ2) is 5.33. The molecule has 3 aliphatic rings. The molecule has 0 N–H and O–H groups in total. The highest BCUT2D eigenvalue weighted by Crippen LogP contribution is 2.40. The first kappa shape index (κ1) is 14.0. The van der Waals surface area contributed by atoms with Crippen LogP contribution in [0, 0.1) is 0 Å². The summed E-state index contributed by atoms with van der Waals surface area (Å²) in [6, 6.07) is 7.77. The quantitative estimate of drug-likeness (QED) is 0.868. The normalized spacial score (nSPS) is 25.6. The van der Waals surface area contributed by atoms with Gasteiger partial charge in [-0.05, 0) is 37.3 Å². The summed E-state index contributed by atoms with van der Waals surface area (Å²) in [6.45, 7) is 0.729. The van der Waals surface area contributed by atoms with Gasteiger partial charge in [0.15, 0.2) is 11.9 Å². The van der Waals surface area contributed by atoms with Gasteiger partial charge in [-0.2, -0.15) is 4.98 Å². The number of benzene rings is 1. The SMILES string of the molecule is O=C([C@@H]1Cc2ccccc2O1)N1CCC[C@@H]1c1noc(C2CC2)n1. The van der Waals surface area contributed by atoms with Gasteiger partial charge in [-0.25, -0.2) is 0 Å². The monoisotopic (exact) mass is 325 g/mol. The van der Waals surface area contributed by atoms with E-state index < -0.39 is 6.10 Å². The van der Waals surface area contributed by atoms with Crippen molar-refractivity contribution < 1.29 is 14.1 Å². The largest absolute Gasteiger partial charge is 0.480 e. The molecule has 1 saturated carbocycles. The number of likely N-dealkylation sites (tertiary alicyclic amines) is 1. The third-order valence-corrected chi connectivity index (χ3v) is 5.14. The van der Waals surface area contributed by atoms with E-state index in [-0.39, 0.29) is 11.9 Å². The summed E-state index contributed by atoms with van der Waals surface area (Å²) < 4.78 is 11.2. The van der Waals surface area contributed by atoms with E-state index in [1.165, 1.54) is 0 Å². The zero-order valence-corrected chi connectivity index (χ0v) is 13.4. The average Bonchev–Trinajstić information content (AvgIpc) is 3.06. The zero-order chi connectivity index (χ0) is 16.1. The van der Waals surface area contributed by atoms with Crippen molar-refractivity contribution in [3.8, 4) is 5.75 Å². The van der Waals surface area contributed by atoms with Crippen LogP contribution in [0.5, 0.6) is 5.75 Å². The maximum absolute atomic E-state index is 13.0. The Morgan fingerprint density at radius 3 is 2.92 bits per heavy atom. The number of aromatic nitrogens is 2. The van der Waals surface area contributed by atoms with Crippen LogP contribution in [0.25, 0.3) is 0 Å². The Hall–Kier alpha value is -2.37. The van der Waals surface area contributed by atoms with E-state index >= 15 is 0 Å². The fraction of sp³-hybridized carbons (Fsp3) is 0.500. The maximum Gasteiger partial charge on any atom is 0.264 e. The molecule has 1 amide bonds. The molecule has 124 valence electrons. The number of carbonyl (C=O) groups excluding carboxylic acids is 1. The van der Waals surface area contributed by atoms with Gasteiger partial charge in [0.05, 0.1) is 6.04 Å². The van der Waals surface area contributed by atoms with E-state index in [1.54, 1.807) is 0 Å². The van der Waals surface area contributed by atoms with Gasteiger partial charge in [-0.1, -0.05) is 23.4 Å². The van der Waals surface area contributed by atoms with Gasteiger partial charge >= 0.3 is 0 Å². The lowest BCUT2D eigenvalue weighted by Gasteiger charge is -2.25. The Labute approximate surface area is 139 Å². The molecular weight excluding hydrogens is 306 g/mol. The minimum absolute atomic E-state index is 0.0338. The van der Waals surface area contributed by atoms with Gasteiger partial charge in [0, 0.05) is 18.9 Å². The van der Waals surface area contributed by atoms with E-state index in [0.29, 0.717) is 18.2 Å². The van der Waals surface area contributed by atoms with Gasteiger partial charge in [0.2, 0.25) is 5.89 Å². The number of hydrogen-bond acceptors (Lipinski definition) is 5. The van der Waals surface area contributed by atoms with Crippen molar-refractivity contribution in [3.05, 3.63) is 41.5 Å². The Morgan fingerprint density at radius 1 is 1.21 bits per heavy atom. The predicted octanol–water partition coefficient (Wildman–Crippen LogP) is 2.61. The predicted molar refractivity (Wildman–Crippen MR) is 84.5 cm³/mol. The van der Waals surface area contributed by atoms with Gasteiger partial charge in [-0.15, -0.1) is 0 Å². The second-order valence-corrected chi connectivity index (χ2v) is 6.87. The van der Waals surface area contributed by atoms with Gasteiger partial charge < -0.3 is 14.2 Å². The number of para-hydroxylation sites is 1. The first-order valence-corrected chi connectivity index (χ1v) is 8.68.